The van der Waals surface area contributed by atoms with Crippen LogP contribution in [0.4, 0.5) is 0 Å². The second-order valence-corrected chi connectivity index (χ2v) is 5.86. The number of nitrogens with zero attached hydrogens (tertiary/aromatic N) is 2. The molecule has 0 fully saturated rings. The van der Waals surface area contributed by atoms with Gasteiger partial charge in [-0.3, -0.25) is 4.98 Å². The molecule has 0 aliphatic rings. The van der Waals surface area contributed by atoms with Crippen LogP contribution in [0.5, 0.6) is 0 Å². The first-order valence-corrected chi connectivity index (χ1v) is 7.23. The molecule has 3 aromatic rings. The molecule has 0 spiro atoms. The summed E-state index contributed by atoms with van der Waals surface area (Å²) >= 11 is 1.72. The van der Waals surface area contributed by atoms with Gasteiger partial charge in [0.15, 0.2) is 0 Å². The number of hydrogen-bond acceptors (Lipinski definition) is 3. The number of hydrogen-bond donors (Lipinski definition) is 1. The average Bonchev–Trinajstić information content (AvgIpc) is 3.05. The summed E-state index contributed by atoms with van der Waals surface area (Å²) in [5.41, 5.74) is 4.48. The summed E-state index contributed by atoms with van der Waals surface area (Å²) in [4.78, 5) is 11.1. The zero-order valence-corrected chi connectivity index (χ0v) is 11.9. The van der Waals surface area contributed by atoms with E-state index < -0.39 is 0 Å². The predicted molar refractivity (Wildman–Crippen MR) is 80.5 cm³/mol. The molecule has 0 saturated heterocycles. The lowest BCUT2D eigenvalue weighted by molar-refractivity contribution is 0.302. The van der Waals surface area contributed by atoms with E-state index in [0.29, 0.717) is 6.04 Å². The minimum atomic E-state index is 0.381. The van der Waals surface area contributed by atoms with E-state index in [1.807, 2.05) is 11.7 Å². The van der Waals surface area contributed by atoms with Crippen molar-refractivity contribution in [2.24, 2.45) is 0 Å². The Morgan fingerprint density at radius 3 is 2.89 bits per heavy atom. The molecule has 3 nitrogen and oxygen atoms in total. The molecule has 2 aromatic heterocycles. The van der Waals surface area contributed by atoms with Crippen LogP contribution in [0.15, 0.2) is 42.2 Å². The second kappa shape index (κ2) is 5.15. The number of benzene rings is 1. The highest BCUT2D eigenvalue weighted by molar-refractivity contribution is 7.09. The maximum Gasteiger partial charge on any atom is 0.0794 e. The van der Waals surface area contributed by atoms with Crippen LogP contribution in [-0.4, -0.2) is 29.0 Å². The molecule has 4 heteroatoms. The minimum Gasteiger partial charge on any atom is -0.361 e. The van der Waals surface area contributed by atoms with Gasteiger partial charge in [0.25, 0.3) is 0 Å². The number of H-pyrrole nitrogens is 1. The summed E-state index contributed by atoms with van der Waals surface area (Å²) in [5, 5.41) is 1.32. The second-order valence-electron chi connectivity index (χ2n) is 4.95. The van der Waals surface area contributed by atoms with E-state index >= 15 is 0 Å². The fourth-order valence-electron chi connectivity index (χ4n) is 2.44. The summed E-state index contributed by atoms with van der Waals surface area (Å²) in [5.74, 6) is 0. The molecular weight excluding hydrogens is 254 g/mol. The smallest absolute Gasteiger partial charge is 0.0794 e. The maximum atomic E-state index is 4.20. The highest BCUT2D eigenvalue weighted by Gasteiger charge is 2.18. The van der Waals surface area contributed by atoms with E-state index in [1.54, 1.807) is 11.3 Å². The zero-order valence-electron chi connectivity index (χ0n) is 11.1. The molecule has 2 heterocycles. The van der Waals surface area contributed by atoms with Crippen LogP contribution in [-0.2, 0) is 6.42 Å². The van der Waals surface area contributed by atoms with Crippen molar-refractivity contribution in [3.63, 3.8) is 0 Å². The van der Waals surface area contributed by atoms with Gasteiger partial charge in [0.05, 0.1) is 5.51 Å². The van der Waals surface area contributed by atoms with Crippen molar-refractivity contribution in [2.45, 2.75) is 12.5 Å². The monoisotopic (exact) mass is 271 g/mol. The molecule has 0 radical (unpaired) electrons. The number of para-hydroxylation sites is 1. The van der Waals surface area contributed by atoms with Crippen LogP contribution in [0.3, 0.4) is 0 Å². The number of rotatable bonds is 4. The van der Waals surface area contributed by atoms with Gasteiger partial charge >= 0.3 is 0 Å². The van der Waals surface area contributed by atoms with Gasteiger partial charge in [0.1, 0.15) is 0 Å². The number of fused-ring (bicyclic) bond motifs is 1. The lowest BCUT2D eigenvalue weighted by atomic mass is 10.0. The first-order chi connectivity index (χ1) is 9.25. The zero-order chi connectivity index (χ0) is 13.2. The van der Waals surface area contributed by atoms with Crippen molar-refractivity contribution in [3.8, 4) is 0 Å². The third kappa shape index (κ3) is 2.41. The van der Waals surface area contributed by atoms with Crippen molar-refractivity contribution < 1.29 is 0 Å². The van der Waals surface area contributed by atoms with Crippen LogP contribution < -0.4 is 0 Å². The van der Waals surface area contributed by atoms with E-state index in [-0.39, 0.29) is 0 Å². The summed E-state index contributed by atoms with van der Waals surface area (Å²) in [7, 11) is 4.25. The van der Waals surface area contributed by atoms with Crippen LogP contribution in [0, 0.1) is 0 Å². The van der Waals surface area contributed by atoms with E-state index in [1.165, 1.54) is 21.3 Å². The van der Waals surface area contributed by atoms with Crippen LogP contribution in [0.2, 0.25) is 0 Å². The van der Waals surface area contributed by atoms with Crippen LogP contribution in [0.1, 0.15) is 16.5 Å². The Morgan fingerprint density at radius 2 is 2.16 bits per heavy atom. The van der Waals surface area contributed by atoms with E-state index in [9.17, 15) is 0 Å². The number of aromatic amines is 1. The van der Waals surface area contributed by atoms with Gasteiger partial charge in [-0.05, 0) is 32.1 Å². The summed E-state index contributed by atoms with van der Waals surface area (Å²) in [6.07, 6.45) is 5.10. The molecule has 0 aliphatic heterocycles. The molecule has 0 amide bonds. The topological polar surface area (TPSA) is 31.9 Å². The average molecular weight is 271 g/mol. The lowest BCUT2D eigenvalue weighted by Gasteiger charge is -2.22. The quantitative estimate of drug-likeness (QED) is 0.788. The molecule has 19 heavy (non-hydrogen) atoms. The normalized spacial score (nSPS) is 13.2. The Kier molecular flexibility index (Phi) is 3.36. The number of likely N-dealkylation sites (N-methyl/N-ethyl adjacent to an activating group) is 1. The lowest BCUT2D eigenvalue weighted by Crippen LogP contribution is -2.21. The first-order valence-electron chi connectivity index (χ1n) is 6.35. The van der Waals surface area contributed by atoms with Gasteiger partial charge in [-0.1, -0.05) is 18.2 Å². The molecule has 3 rings (SSSR count). The number of nitrogens with one attached hydrogen (secondary N) is 1. The molecule has 0 saturated carbocycles. The standard InChI is InChI=1S/C15H17N3S/c1-18(2)14(15-9-16-10-19-15)7-11-8-17-13-6-4-3-5-12(11)13/h3-6,8-10,14,17H,7H2,1-2H3. The van der Waals surface area contributed by atoms with Gasteiger partial charge in [-0.25, -0.2) is 0 Å². The first kappa shape index (κ1) is 12.4. The van der Waals surface area contributed by atoms with Crippen molar-refractivity contribution >= 4 is 22.2 Å². The third-order valence-electron chi connectivity index (χ3n) is 3.49. The SMILES string of the molecule is CN(C)C(Cc1c[nH]c2ccccc12)c1cncs1. The Bertz CT molecular complexity index is 655. The molecular formula is C15H17N3S. The van der Waals surface area contributed by atoms with Gasteiger partial charge in [0.2, 0.25) is 0 Å². The predicted octanol–water partition coefficient (Wildman–Crippen LogP) is 3.47. The minimum absolute atomic E-state index is 0.381. The van der Waals surface area contributed by atoms with Gasteiger partial charge in [-0.2, -0.15) is 0 Å². The molecule has 1 N–H and O–H groups in total. The highest BCUT2D eigenvalue weighted by Crippen LogP contribution is 2.28. The Hall–Kier alpha value is -1.65. The molecule has 0 bridgehead atoms. The van der Waals surface area contributed by atoms with Crippen molar-refractivity contribution in [1.82, 2.24) is 14.9 Å². The summed E-state index contributed by atoms with van der Waals surface area (Å²) < 4.78 is 0. The summed E-state index contributed by atoms with van der Waals surface area (Å²) in [6, 6.07) is 8.84. The van der Waals surface area contributed by atoms with Crippen molar-refractivity contribution in [3.05, 3.63) is 52.6 Å². The fraction of sp³-hybridized carbons (Fsp3) is 0.267. The highest BCUT2D eigenvalue weighted by atomic mass is 32.1. The molecule has 1 atom stereocenters. The maximum absolute atomic E-state index is 4.20. The van der Waals surface area contributed by atoms with E-state index in [4.69, 9.17) is 0 Å². The number of thiazole rings is 1. The summed E-state index contributed by atoms with van der Waals surface area (Å²) in [6.45, 7) is 0. The molecule has 1 unspecified atom stereocenters. The van der Waals surface area contributed by atoms with Crippen LogP contribution in [0.25, 0.3) is 10.9 Å². The molecule has 98 valence electrons. The Labute approximate surface area is 116 Å². The largest absolute Gasteiger partial charge is 0.361 e. The third-order valence-corrected chi connectivity index (χ3v) is 4.37. The fourth-order valence-corrected chi connectivity index (χ4v) is 3.25. The molecule has 1 aromatic carbocycles. The van der Waals surface area contributed by atoms with Crippen molar-refractivity contribution in [2.75, 3.05) is 14.1 Å². The van der Waals surface area contributed by atoms with Crippen LogP contribution >= 0.6 is 11.3 Å². The van der Waals surface area contributed by atoms with E-state index in [0.717, 1.165) is 6.42 Å². The van der Waals surface area contributed by atoms with Crippen molar-refractivity contribution in [1.29, 1.82) is 0 Å². The Balaban J connectivity index is 1.94. The van der Waals surface area contributed by atoms with E-state index in [2.05, 4.69) is 59.4 Å². The Morgan fingerprint density at radius 1 is 1.32 bits per heavy atom. The van der Waals surface area contributed by atoms with Gasteiger partial charge in [0, 0.05) is 34.2 Å². The van der Waals surface area contributed by atoms with Gasteiger partial charge < -0.3 is 9.88 Å². The number of aromatic nitrogens is 2. The molecule has 0 aliphatic carbocycles. The van der Waals surface area contributed by atoms with Gasteiger partial charge in [-0.15, -0.1) is 11.3 Å².